The van der Waals surface area contributed by atoms with E-state index in [0.29, 0.717) is 66.1 Å². The maximum Gasteiger partial charge on any atom is 0.309 e. The number of aliphatic carboxylic acids is 1. The van der Waals surface area contributed by atoms with E-state index in [0.717, 1.165) is 5.56 Å². The van der Waals surface area contributed by atoms with Gasteiger partial charge in [0, 0.05) is 48.2 Å². The number of aromatic nitrogens is 2. The number of likely N-dealkylation sites (tertiary alicyclic amines) is 1. The van der Waals surface area contributed by atoms with Crippen LogP contribution < -0.4 is 4.74 Å². The molecular weight excluding hydrogens is 466 g/mol. The number of aliphatic hydroxyl groups excluding tert-OH is 1. The first-order valence-electron chi connectivity index (χ1n) is 11.6. The Morgan fingerprint density at radius 3 is 2.69 bits per heavy atom. The lowest BCUT2D eigenvalue weighted by Gasteiger charge is -2.38. The number of hydrogen-bond acceptors (Lipinski definition) is 6. The second kappa shape index (κ2) is 11.0. The second-order valence-corrected chi connectivity index (χ2v) is 9.26. The fourth-order valence-electron chi connectivity index (χ4n) is 4.59. The minimum Gasteiger partial charge on any atom is -0.497 e. The SMILES string of the molecule is COc1ccc2ncc(Cl)c(C(O)CCC3(C(=O)O)CCN(CC#Cc4ccncc4)CC3)c2c1. The quantitative estimate of drug-likeness (QED) is 0.473. The summed E-state index contributed by atoms with van der Waals surface area (Å²) in [5.41, 5.74) is 1.27. The number of hydrogen-bond donors (Lipinski definition) is 2. The lowest BCUT2D eigenvalue weighted by Crippen LogP contribution is -2.44. The van der Waals surface area contributed by atoms with E-state index in [9.17, 15) is 15.0 Å². The Morgan fingerprint density at radius 1 is 1.26 bits per heavy atom. The second-order valence-electron chi connectivity index (χ2n) is 8.86. The van der Waals surface area contributed by atoms with Crippen molar-refractivity contribution in [3.8, 4) is 17.6 Å². The van der Waals surface area contributed by atoms with E-state index < -0.39 is 17.5 Å². The molecule has 1 unspecified atom stereocenters. The zero-order valence-corrected chi connectivity index (χ0v) is 20.3. The predicted octanol–water partition coefficient (Wildman–Crippen LogP) is 4.32. The molecule has 182 valence electrons. The van der Waals surface area contributed by atoms with Crippen LogP contribution in [0.1, 0.15) is 42.9 Å². The van der Waals surface area contributed by atoms with Crippen LogP contribution in [0.3, 0.4) is 0 Å². The average Bonchev–Trinajstić information content (AvgIpc) is 2.88. The highest BCUT2D eigenvalue weighted by molar-refractivity contribution is 6.32. The third-order valence-electron chi connectivity index (χ3n) is 6.78. The number of ether oxygens (including phenoxy) is 1. The lowest BCUT2D eigenvalue weighted by molar-refractivity contribution is -0.153. The molecule has 0 bridgehead atoms. The summed E-state index contributed by atoms with van der Waals surface area (Å²) in [6, 6.07) is 9.13. The third kappa shape index (κ3) is 5.73. The van der Waals surface area contributed by atoms with Crippen molar-refractivity contribution in [3.63, 3.8) is 0 Å². The molecule has 3 aromatic rings. The van der Waals surface area contributed by atoms with E-state index in [2.05, 4.69) is 26.7 Å². The molecule has 8 heteroatoms. The maximum absolute atomic E-state index is 12.3. The fraction of sp³-hybridized carbons (Fsp3) is 0.370. The van der Waals surface area contributed by atoms with E-state index in [1.165, 1.54) is 6.20 Å². The van der Waals surface area contributed by atoms with Crippen LogP contribution in [0.25, 0.3) is 10.9 Å². The Kier molecular flexibility index (Phi) is 7.86. The van der Waals surface area contributed by atoms with Crippen molar-refractivity contribution in [1.29, 1.82) is 0 Å². The van der Waals surface area contributed by atoms with Gasteiger partial charge in [0.15, 0.2) is 0 Å². The minimum atomic E-state index is -0.916. The number of benzene rings is 1. The number of fused-ring (bicyclic) bond motifs is 1. The summed E-state index contributed by atoms with van der Waals surface area (Å²) in [4.78, 5) is 22.8. The van der Waals surface area contributed by atoms with Crippen LogP contribution in [0.15, 0.2) is 48.9 Å². The number of halogens is 1. The van der Waals surface area contributed by atoms with E-state index in [1.807, 2.05) is 18.2 Å². The zero-order valence-electron chi connectivity index (χ0n) is 19.6. The van der Waals surface area contributed by atoms with Gasteiger partial charge in [0.25, 0.3) is 0 Å². The van der Waals surface area contributed by atoms with Crippen molar-refractivity contribution in [3.05, 3.63) is 65.1 Å². The molecule has 0 spiro atoms. The number of piperidine rings is 1. The molecule has 35 heavy (non-hydrogen) atoms. The van der Waals surface area contributed by atoms with Crippen molar-refractivity contribution in [2.75, 3.05) is 26.7 Å². The topological polar surface area (TPSA) is 95.8 Å². The molecule has 0 saturated carbocycles. The van der Waals surface area contributed by atoms with Gasteiger partial charge in [-0.3, -0.25) is 19.7 Å². The standard InChI is InChI=1S/C27H28ClN3O4/c1-35-20-4-5-23-21(17-20)25(22(28)18-30-23)24(32)6-9-27(26(33)34)10-15-31(16-11-27)14-2-3-19-7-12-29-13-8-19/h4-5,7-8,12-13,17-18,24,32H,6,9-11,14-16H2,1H3,(H,33,34). The summed E-state index contributed by atoms with van der Waals surface area (Å²) in [6.45, 7) is 1.87. The lowest BCUT2D eigenvalue weighted by atomic mass is 9.74. The summed E-state index contributed by atoms with van der Waals surface area (Å²) in [7, 11) is 1.57. The molecule has 1 atom stereocenters. The number of carbonyl (C=O) groups is 1. The molecule has 1 aliphatic heterocycles. The fourth-order valence-corrected chi connectivity index (χ4v) is 4.87. The van der Waals surface area contributed by atoms with Crippen molar-refractivity contribution >= 4 is 28.5 Å². The Morgan fingerprint density at radius 2 is 2.00 bits per heavy atom. The van der Waals surface area contributed by atoms with Crippen molar-refractivity contribution in [2.24, 2.45) is 5.41 Å². The molecule has 2 aromatic heterocycles. The third-order valence-corrected chi connectivity index (χ3v) is 7.08. The number of pyridine rings is 2. The summed E-state index contributed by atoms with van der Waals surface area (Å²) in [6.07, 6.45) is 5.66. The first kappa shape index (κ1) is 24.9. The Balaban J connectivity index is 1.42. The summed E-state index contributed by atoms with van der Waals surface area (Å²) in [5, 5.41) is 22.2. The van der Waals surface area contributed by atoms with Gasteiger partial charge in [-0.25, -0.2) is 0 Å². The van der Waals surface area contributed by atoms with Crippen LogP contribution in [0.2, 0.25) is 5.02 Å². The van der Waals surface area contributed by atoms with Crippen LogP contribution in [0.4, 0.5) is 0 Å². The largest absolute Gasteiger partial charge is 0.497 e. The van der Waals surface area contributed by atoms with E-state index in [-0.39, 0.29) is 6.42 Å². The van der Waals surface area contributed by atoms with Gasteiger partial charge in [-0.05, 0) is 56.0 Å². The molecule has 1 fully saturated rings. The van der Waals surface area contributed by atoms with Gasteiger partial charge < -0.3 is 14.9 Å². The monoisotopic (exact) mass is 493 g/mol. The first-order chi connectivity index (χ1) is 16.9. The predicted molar refractivity (Wildman–Crippen MR) is 134 cm³/mol. The molecular formula is C27H28ClN3O4. The van der Waals surface area contributed by atoms with Crippen molar-refractivity contribution in [2.45, 2.75) is 31.8 Å². The van der Waals surface area contributed by atoms with Gasteiger partial charge in [-0.15, -0.1) is 0 Å². The summed E-state index contributed by atoms with van der Waals surface area (Å²) < 4.78 is 5.32. The van der Waals surface area contributed by atoms with Gasteiger partial charge in [0.1, 0.15) is 5.75 Å². The Labute approximate surface area is 209 Å². The highest BCUT2D eigenvalue weighted by Crippen LogP contribution is 2.41. The number of nitrogens with zero attached hydrogens (tertiary/aromatic N) is 3. The summed E-state index contributed by atoms with van der Waals surface area (Å²) in [5.74, 6) is 6.09. The van der Waals surface area contributed by atoms with Gasteiger partial charge in [-0.1, -0.05) is 23.4 Å². The first-order valence-corrected chi connectivity index (χ1v) is 11.9. The van der Waals surface area contributed by atoms with Gasteiger partial charge >= 0.3 is 5.97 Å². The Hall–Kier alpha value is -3.18. The molecule has 0 aliphatic carbocycles. The number of carboxylic acid groups (broad SMARTS) is 1. The molecule has 1 aromatic carbocycles. The zero-order chi connectivity index (χ0) is 24.8. The highest BCUT2D eigenvalue weighted by atomic mass is 35.5. The average molecular weight is 494 g/mol. The van der Waals surface area contributed by atoms with E-state index in [4.69, 9.17) is 16.3 Å². The summed E-state index contributed by atoms with van der Waals surface area (Å²) >= 11 is 6.42. The maximum atomic E-state index is 12.3. The molecule has 0 radical (unpaired) electrons. The number of aliphatic hydroxyl groups is 1. The highest BCUT2D eigenvalue weighted by Gasteiger charge is 2.41. The number of rotatable bonds is 7. The van der Waals surface area contributed by atoms with Gasteiger partial charge in [0.05, 0.1) is 35.7 Å². The molecule has 1 aliphatic rings. The van der Waals surface area contributed by atoms with E-state index >= 15 is 0 Å². The van der Waals surface area contributed by atoms with Crippen molar-refractivity contribution in [1.82, 2.24) is 14.9 Å². The molecule has 1 saturated heterocycles. The van der Waals surface area contributed by atoms with Gasteiger partial charge in [0.2, 0.25) is 0 Å². The van der Waals surface area contributed by atoms with Crippen LogP contribution in [-0.2, 0) is 4.79 Å². The van der Waals surface area contributed by atoms with Gasteiger partial charge in [-0.2, -0.15) is 0 Å². The van der Waals surface area contributed by atoms with Crippen LogP contribution in [-0.4, -0.2) is 57.8 Å². The van der Waals surface area contributed by atoms with Crippen LogP contribution in [0, 0.1) is 17.3 Å². The molecule has 3 heterocycles. The van der Waals surface area contributed by atoms with E-state index in [1.54, 1.807) is 31.6 Å². The normalized spacial score (nSPS) is 16.3. The smallest absolute Gasteiger partial charge is 0.309 e. The Bertz CT molecular complexity index is 1250. The van der Waals surface area contributed by atoms with Crippen LogP contribution >= 0.6 is 11.6 Å². The van der Waals surface area contributed by atoms with Crippen molar-refractivity contribution < 1.29 is 19.7 Å². The number of carboxylic acids is 1. The molecule has 4 rings (SSSR count). The number of methoxy groups -OCH3 is 1. The molecule has 2 N–H and O–H groups in total. The molecule has 7 nitrogen and oxygen atoms in total. The van der Waals surface area contributed by atoms with Crippen LogP contribution in [0.5, 0.6) is 5.75 Å². The minimum absolute atomic E-state index is 0.282. The molecule has 0 amide bonds.